The molecule has 0 aliphatic heterocycles. The molecule has 0 fully saturated rings. The summed E-state index contributed by atoms with van der Waals surface area (Å²) in [6.45, 7) is 6.43. The largest absolute Gasteiger partial charge is 0.387 e. The van der Waals surface area contributed by atoms with Crippen LogP contribution >= 0.6 is 0 Å². The van der Waals surface area contributed by atoms with Gasteiger partial charge in [0.25, 0.3) is 0 Å². The van der Waals surface area contributed by atoms with Crippen LogP contribution in [0.2, 0.25) is 0 Å². The van der Waals surface area contributed by atoms with E-state index in [0.29, 0.717) is 12.0 Å². The first-order valence-corrected chi connectivity index (χ1v) is 10.7. The lowest BCUT2D eigenvalue weighted by atomic mass is 9.99. The van der Waals surface area contributed by atoms with Gasteiger partial charge < -0.3 is 5.11 Å². The molecule has 0 amide bonds. The molecule has 0 atom stereocenters. The van der Waals surface area contributed by atoms with Gasteiger partial charge in [-0.3, -0.25) is 0 Å². The molecule has 0 aromatic carbocycles. The summed E-state index contributed by atoms with van der Waals surface area (Å²) in [6, 6.07) is 0. The van der Waals surface area contributed by atoms with Gasteiger partial charge in [-0.15, -0.1) is 0 Å². The molecule has 0 bridgehead atoms. The predicted octanol–water partition coefficient (Wildman–Crippen LogP) is 8.20. The fourth-order valence-electron chi connectivity index (χ4n) is 3.14. The first kappa shape index (κ1) is 23.0. The molecule has 0 spiro atoms. The van der Waals surface area contributed by atoms with Crippen molar-refractivity contribution < 1.29 is 5.11 Å². The molecule has 1 radical (unpaired) electrons. The van der Waals surface area contributed by atoms with E-state index in [0.717, 1.165) is 6.42 Å². The summed E-state index contributed by atoms with van der Waals surface area (Å²) in [4.78, 5) is 0. The van der Waals surface area contributed by atoms with Crippen LogP contribution in [0.5, 0.6) is 0 Å². The normalized spacial score (nSPS) is 11.7. The van der Waals surface area contributed by atoms with E-state index in [9.17, 15) is 5.11 Å². The minimum absolute atomic E-state index is 0.339. The second-order valence-electron chi connectivity index (χ2n) is 7.70. The van der Waals surface area contributed by atoms with Gasteiger partial charge in [-0.2, -0.15) is 0 Å². The Balaban J connectivity index is 3.03. The molecular weight excluding hydrogens is 280 g/mol. The number of rotatable bonds is 18. The first-order chi connectivity index (χ1) is 11.2. The summed E-state index contributed by atoms with van der Waals surface area (Å²) in [5.41, 5.74) is 0. The van der Waals surface area contributed by atoms with E-state index in [2.05, 4.69) is 20.8 Å². The third kappa shape index (κ3) is 18.1. The Bertz CT molecular complexity index is 212. The SMILES string of the molecule is CCCCCCCCCCCCCCCCCC[C](O)C(C)C. The molecule has 0 rings (SSSR count). The predicted molar refractivity (Wildman–Crippen MR) is 104 cm³/mol. The monoisotopic (exact) mass is 325 g/mol. The van der Waals surface area contributed by atoms with Crippen molar-refractivity contribution in [1.29, 1.82) is 0 Å². The second-order valence-corrected chi connectivity index (χ2v) is 7.70. The fourth-order valence-corrected chi connectivity index (χ4v) is 3.14. The summed E-state index contributed by atoms with van der Waals surface area (Å²) in [7, 11) is 0. The molecule has 1 N–H and O–H groups in total. The fraction of sp³-hybridized carbons (Fsp3) is 0.955. The maximum absolute atomic E-state index is 9.66. The van der Waals surface area contributed by atoms with Crippen molar-refractivity contribution in [1.82, 2.24) is 0 Å². The standard InChI is InChI=1S/C22H45O/c1-4-5-6-7-8-9-10-11-12-13-14-15-16-17-18-19-20-22(23)21(2)3/h21,23H,4-20H2,1-3H3. The van der Waals surface area contributed by atoms with E-state index in [1.165, 1.54) is 103 Å². The van der Waals surface area contributed by atoms with Crippen LogP contribution in [0.3, 0.4) is 0 Å². The quantitative estimate of drug-likeness (QED) is 0.252. The zero-order valence-electron chi connectivity index (χ0n) is 16.5. The van der Waals surface area contributed by atoms with Gasteiger partial charge in [-0.25, -0.2) is 0 Å². The number of unbranched alkanes of at least 4 members (excludes halogenated alkanes) is 15. The Labute approximate surface area is 147 Å². The maximum Gasteiger partial charge on any atom is 0.0958 e. The van der Waals surface area contributed by atoms with Gasteiger partial charge in [-0.05, 0) is 12.3 Å². The van der Waals surface area contributed by atoms with Crippen molar-refractivity contribution in [3.63, 3.8) is 0 Å². The van der Waals surface area contributed by atoms with Crippen LogP contribution < -0.4 is 0 Å². The second kappa shape index (κ2) is 18.3. The molecule has 0 aromatic heterocycles. The van der Waals surface area contributed by atoms with E-state index in [-0.39, 0.29) is 0 Å². The maximum atomic E-state index is 9.66. The number of hydrogen-bond donors (Lipinski definition) is 1. The Morgan fingerprint density at radius 2 is 0.870 bits per heavy atom. The molecule has 0 unspecified atom stereocenters. The highest BCUT2D eigenvalue weighted by Crippen LogP contribution is 2.19. The summed E-state index contributed by atoms with van der Waals surface area (Å²) in [6.07, 6.45) is 24.1. The molecule has 0 aliphatic carbocycles. The molecule has 139 valence electrons. The van der Waals surface area contributed by atoms with E-state index >= 15 is 0 Å². The van der Waals surface area contributed by atoms with Gasteiger partial charge in [0, 0.05) is 0 Å². The smallest absolute Gasteiger partial charge is 0.0958 e. The zero-order valence-corrected chi connectivity index (χ0v) is 16.5. The highest BCUT2D eigenvalue weighted by atomic mass is 16.3. The van der Waals surface area contributed by atoms with Crippen LogP contribution in [0.15, 0.2) is 0 Å². The van der Waals surface area contributed by atoms with Crippen LogP contribution in [0, 0.1) is 12.0 Å². The van der Waals surface area contributed by atoms with Crippen molar-refractivity contribution in [3.05, 3.63) is 6.10 Å². The Morgan fingerprint density at radius 1 is 0.565 bits per heavy atom. The zero-order chi connectivity index (χ0) is 17.2. The lowest BCUT2D eigenvalue weighted by Gasteiger charge is -2.12. The van der Waals surface area contributed by atoms with Crippen LogP contribution in [0.25, 0.3) is 0 Å². The number of aliphatic hydroxyl groups is 1. The Morgan fingerprint density at radius 3 is 1.17 bits per heavy atom. The Kier molecular flexibility index (Phi) is 18.3. The lowest BCUT2D eigenvalue weighted by molar-refractivity contribution is 0.226. The van der Waals surface area contributed by atoms with Crippen LogP contribution in [0.1, 0.15) is 130 Å². The molecule has 23 heavy (non-hydrogen) atoms. The molecule has 0 saturated carbocycles. The molecule has 0 heterocycles. The minimum atomic E-state index is 0.339. The Hall–Kier alpha value is -0.0400. The molecular formula is C22H45O. The average molecular weight is 326 g/mol. The van der Waals surface area contributed by atoms with Gasteiger partial charge in [0.1, 0.15) is 0 Å². The van der Waals surface area contributed by atoms with E-state index in [1.807, 2.05) is 0 Å². The summed E-state index contributed by atoms with van der Waals surface area (Å²) in [5.74, 6) is 0.339. The van der Waals surface area contributed by atoms with Crippen molar-refractivity contribution in [3.8, 4) is 0 Å². The molecule has 0 aromatic rings. The topological polar surface area (TPSA) is 20.2 Å². The number of hydrogen-bond acceptors (Lipinski definition) is 1. The van der Waals surface area contributed by atoms with Gasteiger partial charge in [0.05, 0.1) is 6.10 Å². The third-order valence-corrected chi connectivity index (χ3v) is 4.95. The van der Waals surface area contributed by atoms with Gasteiger partial charge in [0.2, 0.25) is 0 Å². The lowest BCUT2D eigenvalue weighted by Crippen LogP contribution is -2.04. The van der Waals surface area contributed by atoms with Crippen LogP contribution in [0.4, 0.5) is 0 Å². The molecule has 0 aliphatic rings. The van der Waals surface area contributed by atoms with Gasteiger partial charge >= 0.3 is 0 Å². The molecule has 0 saturated heterocycles. The van der Waals surface area contributed by atoms with Crippen molar-refractivity contribution >= 4 is 0 Å². The van der Waals surface area contributed by atoms with Gasteiger partial charge in [-0.1, -0.05) is 124 Å². The minimum Gasteiger partial charge on any atom is -0.387 e. The summed E-state index contributed by atoms with van der Waals surface area (Å²) in [5, 5.41) is 9.66. The highest BCUT2D eigenvalue weighted by Gasteiger charge is 2.09. The van der Waals surface area contributed by atoms with Crippen molar-refractivity contribution in [2.45, 2.75) is 130 Å². The van der Waals surface area contributed by atoms with E-state index in [4.69, 9.17) is 0 Å². The summed E-state index contributed by atoms with van der Waals surface area (Å²) < 4.78 is 0. The third-order valence-electron chi connectivity index (χ3n) is 4.95. The van der Waals surface area contributed by atoms with Crippen LogP contribution in [-0.4, -0.2) is 5.11 Å². The summed E-state index contributed by atoms with van der Waals surface area (Å²) >= 11 is 0. The number of aliphatic hydroxyl groups excluding tert-OH is 1. The van der Waals surface area contributed by atoms with Crippen molar-refractivity contribution in [2.75, 3.05) is 0 Å². The van der Waals surface area contributed by atoms with Crippen molar-refractivity contribution in [2.24, 2.45) is 5.92 Å². The van der Waals surface area contributed by atoms with Crippen LogP contribution in [-0.2, 0) is 0 Å². The molecule has 1 nitrogen and oxygen atoms in total. The van der Waals surface area contributed by atoms with Gasteiger partial charge in [0.15, 0.2) is 0 Å². The average Bonchev–Trinajstić information content (AvgIpc) is 2.54. The first-order valence-electron chi connectivity index (χ1n) is 10.7. The molecule has 1 heteroatoms. The van der Waals surface area contributed by atoms with E-state index < -0.39 is 0 Å². The van der Waals surface area contributed by atoms with E-state index in [1.54, 1.807) is 0 Å². The highest BCUT2D eigenvalue weighted by molar-refractivity contribution is 4.78.